The van der Waals surface area contributed by atoms with E-state index in [-0.39, 0.29) is 24.4 Å². The summed E-state index contributed by atoms with van der Waals surface area (Å²) >= 11 is 15.4. The van der Waals surface area contributed by atoms with Crippen molar-refractivity contribution in [2.24, 2.45) is 0 Å². The van der Waals surface area contributed by atoms with Gasteiger partial charge in [0, 0.05) is 27.1 Å². The Hall–Kier alpha value is -1.56. The first-order valence-corrected chi connectivity index (χ1v) is 9.09. The predicted molar refractivity (Wildman–Crippen MR) is 104 cm³/mol. The fraction of sp³-hybridized carbons (Fsp3) is 0.222. The minimum atomic E-state index is -0.305. The van der Waals surface area contributed by atoms with Crippen LogP contribution in [-0.4, -0.2) is 30.3 Å². The van der Waals surface area contributed by atoms with Crippen molar-refractivity contribution in [1.29, 1.82) is 0 Å². The van der Waals surface area contributed by atoms with E-state index in [1.807, 2.05) is 13.0 Å². The minimum absolute atomic E-state index is 0.0998. The standard InChI is InChI=1S/C18H17BrCl2N2O2/c1-11(15-7-6-14(20)9-16(15)21)23(2)17(24)10-22-18(25)12-4-3-5-13(19)8-12/h3-9,11H,10H2,1-2H3,(H,22,25). The summed E-state index contributed by atoms with van der Waals surface area (Å²) in [7, 11) is 1.67. The second-order valence-corrected chi connectivity index (χ2v) is 7.30. The highest BCUT2D eigenvalue weighted by molar-refractivity contribution is 9.10. The van der Waals surface area contributed by atoms with Gasteiger partial charge in [0.25, 0.3) is 5.91 Å². The Morgan fingerprint density at radius 3 is 2.56 bits per heavy atom. The average molecular weight is 444 g/mol. The molecule has 0 saturated carbocycles. The minimum Gasteiger partial charge on any atom is -0.343 e. The van der Waals surface area contributed by atoms with Gasteiger partial charge in [-0.15, -0.1) is 0 Å². The molecule has 0 aliphatic carbocycles. The Labute approximate surface area is 165 Å². The molecule has 2 aromatic rings. The van der Waals surface area contributed by atoms with E-state index in [4.69, 9.17) is 23.2 Å². The first-order chi connectivity index (χ1) is 11.8. The van der Waals surface area contributed by atoms with E-state index >= 15 is 0 Å². The maximum atomic E-state index is 12.4. The molecule has 0 aromatic heterocycles. The molecule has 1 unspecified atom stereocenters. The smallest absolute Gasteiger partial charge is 0.251 e. The van der Waals surface area contributed by atoms with Gasteiger partial charge >= 0.3 is 0 Å². The lowest BCUT2D eigenvalue weighted by Gasteiger charge is -2.26. The molecule has 0 heterocycles. The summed E-state index contributed by atoms with van der Waals surface area (Å²) in [6.07, 6.45) is 0. The van der Waals surface area contributed by atoms with E-state index in [0.29, 0.717) is 15.6 Å². The van der Waals surface area contributed by atoms with E-state index in [1.54, 1.807) is 43.4 Å². The monoisotopic (exact) mass is 442 g/mol. The van der Waals surface area contributed by atoms with Crippen LogP contribution < -0.4 is 5.32 Å². The van der Waals surface area contributed by atoms with Crippen molar-refractivity contribution in [2.75, 3.05) is 13.6 Å². The zero-order chi connectivity index (χ0) is 18.6. The van der Waals surface area contributed by atoms with Gasteiger partial charge in [-0.1, -0.05) is 51.3 Å². The Kier molecular flexibility index (Phi) is 6.87. The largest absolute Gasteiger partial charge is 0.343 e. The molecule has 0 radical (unpaired) electrons. The van der Waals surface area contributed by atoms with Crippen molar-refractivity contribution in [3.63, 3.8) is 0 Å². The predicted octanol–water partition coefficient (Wildman–Crippen LogP) is 4.71. The van der Waals surface area contributed by atoms with Gasteiger partial charge in [0.15, 0.2) is 0 Å². The van der Waals surface area contributed by atoms with E-state index in [1.165, 1.54) is 4.90 Å². The second kappa shape index (κ2) is 8.70. The maximum Gasteiger partial charge on any atom is 0.251 e. The highest BCUT2D eigenvalue weighted by Gasteiger charge is 2.20. The summed E-state index contributed by atoms with van der Waals surface area (Å²) in [6, 6.07) is 11.9. The van der Waals surface area contributed by atoms with E-state index in [0.717, 1.165) is 10.0 Å². The summed E-state index contributed by atoms with van der Waals surface area (Å²) in [5.41, 5.74) is 1.28. The number of carbonyl (C=O) groups excluding carboxylic acids is 2. The van der Waals surface area contributed by atoms with Gasteiger partial charge < -0.3 is 10.2 Å². The topological polar surface area (TPSA) is 49.4 Å². The summed E-state index contributed by atoms with van der Waals surface area (Å²) in [5.74, 6) is -0.526. The summed E-state index contributed by atoms with van der Waals surface area (Å²) < 4.78 is 0.801. The average Bonchev–Trinajstić information content (AvgIpc) is 2.58. The van der Waals surface area contributed by atoms with Gasteiger partial charge in [0.1, 0.15) is 0 Å². The quantitative estimate of drug-likeness (QED) is 0.727. The highest BCUT2D eigenvalue weighted by atomic mass is 79.9. The number of carbonyl (C=O) groups is 2. The lowest BCUT2D eigenvalue weighted by Crippen LogP contribution is -2.39. The Balaban J connectivity index is 1.99. The SMILES string of the molecule is CC(c1ccc(Cl)cc1Cl)N(C)C(=O)CNC(=O)c1cccc(Br)c1. The number of hydrogen-bond donors (Lipinski definition) is 1. The van der Waals surface area contributed by atoms with Crippen molar-refractivity contribution in [2.45, 2.75) is 13.0 Å². The zero-order valence-electron chi connectivity index (χ0n) is 13.7. The van der Waals surface area contributed by atoms with Gasteiger partial charge in [-0.25, -0.2) is 0 Å². The number of nitrogens with one attached hydrogen (secondary N) is 1. The van der Waals surface area contributed by atoms with Crippen molar-refractivity contribution in [3.05, 3.63) is 68.1 Å². The van der Waals surface area contributed by atoms with Crippen LogP contribution in [0, 0.1) is 0 Å². The summed E-state index contributed by atoms with van der Waals surface area (Å²) in [5, 5.41) is 3.67. The Bertz CT molecular complexity index is 798. The van der Waals surface area contributed by atoms with Crippen LogP contribution in [0.4, 0.5) is 0 Å². The number of benzene rings is 2. The highest BCUT2D eigenvalue weighted by Crippen LogP contribution is 2.29. The molecule has 0 aliphatic heterocycles. The second-order valence-electron chi connectivity index (χ2n) is 5.54. The third-order valence-corrected chi connectivity index (χ3v) is 4.93. The lowest BCUT2D eigenvalue weighted by molar-refractivity contribution is -0.130. The molecule has 0 spiro atoms. The number of halogens is 3. The molecule has 7 heteroatoms. The van der Waals surface area contributed by atoms with Crippen LogP contribution in [0.2, 0.25) is 10.0 Å². The first kappa shape index (κ1) is 19.8. The summed E-state index contributed by atoms with van der Waals surface area (Å²) in [6.45, 7) is 1.76. The van der Waals surface area contributed by atoms with Gasteiger partial charge in [0.2, 0.25) is 5.91 Å². The number of nitrogens with zero attached hydrogens (tertiary/aromatic N) is 1. The van der Waals surface area contributed by atoms with Crippen molar-refractivity contribution in [1.82, 2.24) is 10.2 Å². The molecular weight excluding hydrogens is 427 g/mol. The zero-order valence-corrected chi connectivity index (χ0v) is 16.8. The molecule has 4 nitrogen and oxygen atoms in total. The van der Waals surface area contributed by atoms with Gasteiger partial charge in [0.05, 0.1) is 12.6 Å². The normalized spacial score (nSPS) is 11.7. The molecule has 2 amide bonds. The van der Waals surface area contributed by atoms with Crippen LogP contribution >= 0.6 is 39.1 Å². The van der Waals surface area contributed by atoms with Crippen LogP contribution in [-0.2, 0) is 4.79 Å². The fourth-order valence-electron chi connectivity index (χ4n) is 2.28. The van der Waals surface area contributed by atoms with Crippen LogP contribution in [0.1, 0.15) is 28.9 Å². The number of amides is 2. The van der Waals surface area contributed by atoms with Crippen molar-refractivity contribution < 1.29 is 9.59 Å². The fourth-order valence-corrected chi connectivity index (χ4v) is 3.24. The summed E-state index contributed by atoms with van der Waals surface area (Å²) in [4.78, 5) is 26.0. The van der Waals surface area contributed by atoms with E-state index in [9.17, 15) is 9.59 Å². The molecule has 1 atom stereocenters. The maximum absolute atomic E-state index is 12.4. The molecule has 0 aliphatic rings. The third-order valence-electron chi connectivity index (χ3n) is 3.87. The van der Waals surface area contributed by atoms with Gasteiger partial charge in [-0.2, -0.15) is 0 Å². The van der Waals surface area contributed by atoms with E-state index in [2.05, 4.69) is 21.2 Å². The van der Waals surface area contributed by atoms with Crippen molar-refractivity contribution in [3.8, 4) is 0 Å². The van der Waals surface area contributed by atoms with Gasteiger partial charge in [-0.05, 0) is 42.8 Å². The molecule has 2 aromatic carbocycles. The molecule has 0 fully saturated rings. The molecular formula is C18H17BrCl2N2O2. The van der Waals surface area contributed by atoms with E-state index < -0.39 is 0 Å². The lowest BCUT2D eigenvalue weighted by atomic mass is 10.1. The third kappa shape index (κ3) is 5.21. The van der Waals surface area contributed by atoms with Gasteiger partial charge in [-0.3, -0.25) is 9.59 Å². The first-order valence-electron chi connectivity index (χ1n) is 7.54. The molecule has 2 rings (SSSR count). The van der Waals surface area contributed by atoms with Crippen molar-refractivity contribution >= 4 is 50.9 Å². The number of hydrogen-bond acceptors (Lipinski definition) is 2. The molecule has 1 N–H and O–H groups in total. The van der Waals surface area contributed by atoms with Crippen LogP contribution in [0.25, 0.3) is 0 Å². The van der Waals surface area contributed by atoms with Crippen LogP contribution in [0.3, 0.4) is 0 Å². The molecule has 25 heavy (non-hydrogen) atoms. The Morgan fingerprint density at radius 1 is 1.20 bits per heavy atom. The molecule has 0 bridgehead atoms. The number of rotatable bonds is 5. The van der Waals surface area contributed by atoms with Crippen LogP contribution in [0.5, 0.6) is 0 Å². The van der Waals surface area contributed by atoms with Crippen LogP contribution in [0.15, 0.2) is 46.9 Å². The number of likely N-dealkylation sites (N-methyl/N-ethyl adjacent to an activating group) is 1. The molecule has 0 saturated heterocycles. The molecule has 132 valence electrons. The Morgan fingerprint density at radius 2 is 1.92 bits per heavy atom.